The predicted molar refractivity (Wildman–Crippen MR) is 220 cm³/mol. The van der Waals surface area contributed by atoms with Crippen molar-refractivity contribution in [3.63, 3.8) is 0 Å². The van der Waals surface area contributed by atoms with E-state index in [0.717, 1.165) is 90.5 Å². The Morgan fingerprint density at radius 1 is 0.767 bits per heavy atom. The number of alkyl halides is 4. The first-order chi connectivity index (χ1) is 28.7. The largest absolute Gasteiger partial charge is 0.465 e. The molecule has 14 heteroatoms. The average molecular weight is 825 g/mol. The second-order valence-corrected chi connectivity index (χ2v) is 16.5. The van der Waals surface area contributed by atoms with E-state index >= 15 is 0 Å². The highest BCUT2D eigenvalue weighted by Crippen LogP contribution is 2.41. The van der Waals surface area contributed by atoms with Gasteiger partial charge < -0.3 is 23.3 Å². The van der Waals surface area contributed by atoms with Gasteiger partial charge in [0.15, 0.2) is 0 Å². The second kappa shape index (κ2) is 16.3. The Hall–Kier alpha value is -5.79. The van der Waals surface area contributed by atoms with Crippen molar-refractivity contribution < 1.29 is 36.1 Å². The van der Waals surface area contributed by atoms with E-state index in [9.17, 15) is 22.4 Å². The number of carbonyl (C=O) groups is 1. The van der Waals surface area contributed by atoms with E-state index in [-0.39, 0.29) is 31.6 Å². The molecule has 0 aliphatic heterocycles. The van der Waals surface area contributed by atoms with Crippen molar-refractivity contribution in [2.45, 2.75) is 104 Å². The Balaban J connectivity index is 0.000000176. The van der Waals surface area contributed by atoms with Gasteiger partial charge in [-0.2, -0.15) is 0 Å². The van der Waals surface area contributed by atoms with E-state index in [4.69, 9.17) is 18.8 Å². The summed E-state index contributed by atoms with van der Waals surface area (Å²) < 4.78 is 71.6. The van der Waals surface area contributed by atoms with Gasteiger partial charge in [0, 0.05) is 89.2 Å². The lowest BCUT2D eigenvalue weighted by Crippen LogP contribution is -2.25. The first kappa shape index (κ1) is 41.0. The van der Waals surface area contributed by atoms with Crippen LogP contribution in [-0.4, -0.2) is 54.8 Å². The van der Waals surface area contributed by atoms with Crippen molar-refractivity contribution in [3.05, 3.63) is 101 Å². The summed E-state index contributed by atoms with van der Waals surface area (Å²) in [6.07, 6.45) is 11.2. The molecule has 314 valence electrons. The number of hydrogen-bond donors (Lipinski definition) is 1. The fourth-order valence-corrected chi connectivity index (χ4v) is 8.93. The van der Waals surface area contributed by atoms with Crippen LogP contribution in [0.25, 0.3) is 50.0 Å². The molecular formula is C46H48F4N6O4. The maximum absolute atomic E-state index is 13.7. The van der Waals surface area contributed by atoms with Crippen molar-refractivity contribution >= 4 is 28.0 Å². The molecule has 0 amide bonds. The SMILES string of the molecule is COC(=O)c1ccc(-n2cc(CC3CCC(F)(F)CC3)c3cc(-c4c(C)noc4C)cnc32)cc1.Cc1noc(C)c1-c1cnc2[nH]cc(CC3CCC(F)(F)CC3)c2c1. The van der Waals surface area contributed by atoms with E-state index in [2.05, 4.69) is 32.4 Å². The molecule has 6 heterocycles. The van der Waals surface area contributed by atoms with Crippen LogP contribution in [0.2, 0.25) is 0 Å². The van der Waals surface area contributed by atoms with E-state index < -0.39 is 17.8 Å². The molecule has 1 N–H and O–H groups in total. The van der Waals surface area contributed by atoms with Gasteiger partial charge in [0.25, 0.3) is 0 Å². The quantitative estimate of drug-likeness (QED) is 0.119. The zero-order chi connectivity index (χ0) is 42.3. The molecular weight excluding hydrogens is 777 g/mol. The molecule has 0 atom stereocenters. The van der Waals surface area contributed by atoms with Gasteiger partial charge in [0.2, 0.25) is 11.8 Å². The zero-order valence-electron chi connectivity index (χ0n) is 34.4. The predicted octanol–water partition coefficient (Wildman–Crippen LogP) is 11.7. The van der Waals surface area contributed by atoms with Gasteiger partial charge in [0.05, 0.1) is 24.1 Å². The van der Waals surface area contributed by atoms with Gasteiger partial charge in [-0.3, -0.25) is 0 Å². The van der Waals surface area contributed by atoms with Gasteiger partial charge in [-0.1, -0.05) is 10.3 Å². The zero-order valence-corrected chi connectivity index (χ0v) is 34.4. The Kier molecular flexibility index (Phi) is 11.2. The summed E-state index contributed by atoms with van der Waals surface area (Å²) in [5, 5.41) is 10.1. The first-order valence-electron chi connectivity index (χ1n) is 20.5. The summed E-state index contributed by atoms with van der Waals surface area (Å²) in [5.74, 6) is -3.44. The smallest absolute Gasteiger partial charge is 0.337 e. The van der Waals surface area contributed by atoms with Crippen LogP contribution < -0.4 is 0 Å². The molecule has 0 unspecified atom stereocenters. The minimum absolute atomic E-state index is 0.00258. The summed E-state index contributed by atoms with van der Waals surface area (Å²) in [5.41, 5.74) is 10.5. The van der Waals surface area contributed by atoms with Gasteiger partial charge in [-0.25, -0.2) is 32.3 Å². The number of hydrogen-bond acceptors (Lipinski definition) is 8. The lowest BCUT2D eigenvalue weighted by Gasteiger charge is -2.28. The van der Waals surface area contributed by atoms with Crippen molar-refractivity contribution in [1.29, 1.82) is 0 Å². The number of nitrogens with zero attached hydrogens (tertiary/aromatic N) is 5. The Labute approximate surface area is 344 Å². The Morgan fingerprint density at radius 2 is 1.28 bits per heavy atom. The molecule has 7 aromatic rings. The van der Waals surface area contributed by atoms with Gasteiger partial charge >= 0.3 is 5.97 Å². The summed E-state index contributed by atoms with van der Waals surface area (Å²) in [4.78, 5) is 24.3. The normalized spacial score (nSPS) is 16.9. The third-order valence-corrected chi connectivity index (χ3v) is 12.2. The third kappa shape index (κ3) is 8.46. The van der Waals surface area contributed by atoms with E-state index in [1.165, 1.54) is 7.11 Å². The van der Waals surface area contributed by atoms with Crippen molar-refractivity contribution in [3.8, 4) is 27.9 Å². The standard InChI is InChI=1S/C27H27F2N3O3.C19H21F2N3O/c1-16-24(17(2)35-31-16)20-13-23-21(12-18-8-10-27(28,29)11-9-18)15-32(25(23)30-14-20)22-6-4-19(5-7-22)26(33)34-3;1-11-17(12(2)25-24-11)15-8-16-14(9-22-18(16)23-10-15)7-13-3-5-19(20,21)6-4-13/h4-7,13-15,18H,8-12H2,1-3H3;8-10,13H,3-7H2,1-2H3,(H,22,23). The van der Waals surface area contributed by atoms with Crippen LogP contribution in [0.3, 0.4) is 0 Å². The Bertz CT molecular complexity index is 2600. The average Bonchev–Trinajstić information content (AvgIpc) is 3.99. The fourth-order valence-electron chi connectivity index (χ4n) is 8.93. The van der Waals surface area contributed by atoms with Crippen LogP contribution in [0.1, 0.15) is 95.8 Å². The van der Waals surface area contributed by atoms with Gasteiger partial charge in [-0.05, 0) is 126 Å². The molecule has 6 aromatic heterocycles. The molecule has 2 fully saturated rings. The lowest BCUT2D eigenvalue weighted by atomic mass is 9.83. The molecule has 0 bridgehead atoms. The van der Waals surface area contributed by atoms with Gasteiger partial charge in [-0.15, -0.1) is 0 Å². The summed E-state index contributed by atoms with van der Waals surface area (Å²) in [6.45, 7) is 7.57. The van der Waals surface area contributed by atoms with Gasteiger partial charge in [0.1, 0.15) is 22.8 Å². The van der Waals surface area contributed by atoms with Crippen LogP contribution in [-0.2, 0) is 17.6 Å². The molecule has 2 saturated carbocycles. The van der Waals surface area contributed by atoms with Crippen molar-refractivity contribution in [2.75, 3.05) is 7.11 Å². The number of ether oxygens (including phenoxy) is 1. The lowest BCUT2D eigenvalue weighted by molar-refractivity contribution is -0.0461. The third-order valence-electron chi connectivity index (χ3n) is 12.2. The second-order valence-electron chi connectivity index (χ2n) is 16.5. The molecule has 2 aliphatic carbocycles. The number of nitrogens with one attached hydrogen (secondary N) is 1. The number of H-pyrrole nitrogens is 1. The summed E-state index contributed by atoms with van der Waals surface area (Å²) in [7, 11) is 1.35. The molecule has 9 rings (SSSR count). The molecule has 1 aromatic carbocycles. The highest BCUT2D eigenvalue weighted by molar-refractivity contribution is 5.90. The maximum Gasteiger partial charge on any atom is 0.337 e. The van der Waals surface area contributed by atoms with Crippen LogP contribution >= 0.6 is 0 Å². The molecule has 60 heavy (non-hydrogen) atoms. The summed E-state index contributed by atoms with van der Waals surface area (Å²) >= 11 is 0. The Morgan fingerprint density at radius 3 is 1.80 bits per heavy atom. The van der Waals surface area contributed by atoms with Crippen LogP contribution in [0.5, 0.6) is 0 Å². The molecule has 10 nitrogen and oxygen atoms in total. The number of carbonyl (C=O) groups excluding carboxylic acids is 1. The topological polar surface area (TPSA) is 125 Å². The number of aryl methyl sites for hydroxylation is 4. The highest BCUT2D eigenvalue weighted by Gasteiger charge is 2.36. The molecule has 0 spiro atoms. The number of methoxy groups -OCH3 is 1. The number of aromatic nitrogens is 6. The number of fused-ring (bicyclic) bond motifs is 2. The van der Waals surface area contributed by atoms with E-state index in [1.54, 1.807) is 18.3 Å². The van der Waals surface area contributed by atoms with Crippen molar-refractivity contribution in [1.82, 2.24) is 29.8 Å². The highest BCUT2D eigenvalue weighted by atomic mass is 19.3. The molecule has 0 saturated heterocycles. The minimum atomic E-state index is -2.55. The number of esters is 1. The molecule has 0 radical (unpaired) electrons. The van der Waals surface area contributed by atoms with E-state index in [1.807, 2.05) is 63.0 Å². The van der Waals surface area contributed by atoms with Crippen molar-refractivity contribution in [2.24, 2.45) is 11.8 Å². The number of pyridine rings is 2. The number of halogens is 4. The minimum Gasteiger partial charge on any atom is -0.465 e. The number of rotatable bonds is 8. The number of aromatic amines is 1. The first-order valence-corrected chi connectivity index (χ1v) is 20.5. The fraction of sp³-hybridized carbons (Fsp3) is 0.413. The van der Waals surface area contributed by atoms with Crippen LogP contribution in [0.15, 0.2) is 70.2 Å². The van der Waals surface area contributed by atoms with Crippen LogP contribution in [0.4, 0.5) is 17.6 Å². The summed E-state index contributed by atoms with van der Waals surface area (Å²) in [6, 6.07) is 11.3. The molecule has 2 aliphatic rings. The number of benzene rings is 1. The van der Waals surface area contributed by atoms with Crippen LogP contribution in [0, 0.1) is 39.5 Å². The van der Waals surface area contributed by atoms with E-state index in [0.29, 0.717) is 43.6 Å². The monoisotopic (exact) mass is 824 g/mol. The maximum atomic E-state index is 13.7.